The highest BCUT2D eigenvalue weighted by Gasteiger charge is 2.36. The molecule has 158 valence electrons. The van der Waals surface area contributed by atoms with Gasteiger partial charge in [-0.15, -0.1) is 0 Å². The number of ether oxygens (including phenoxy) is 2. The zero-order valence-electron chi connectivity index (χ0n) is 16.9. The average Bonchev–Trinajstić information content (AvgIpc) is 3.21. The number of hydrogen-bond acceptors (Lipinski definition) is 7. The number of likely N-dealkylation sites (N-methyl/N-ethyl adjacent to an activating group) is 1. The van der Waals surface area contributed by atoms with Crippen LogP contribution in [0, 0.1) is 6.92 Å². The number of furan rings is 1. The monoisotopic (exact) mass is 423 g/mol. The van der Waals surface area contributed by atoms with Crippen LogP contribution in [0.3, 0.4) is 0 Å². The van der Waals surface area contributed by atoms with Gasteiger partial charge in [-0.3, -0.25) is 4.79 Å². The Labute approximate surface area is 169 Å². The van der Waals surface area contributed by atoms with Crippen LogP contribution in [-0.2, 0) is 19.4 Å². The number of aryl methyl sites for hydroxylation is 1. The molecule has 0 saturated carbocycles. The van der Waals surface area contributed by atoms with Crippen LogP contribution >= 0.6 is 0 Å². The number of fused-ring (bicyclic) bond motifs is 1. The Kier molecular flexibility index (Phi) is 5.88. The number of carbonyl (C=O) groups is 2. The van der Waals surface area contributed by atoms with Gasteiger partial charge in [-0.1, -0.05) is 0 Å². The summed E-state index contributed by atoms with van der Waals surface area (Å²) in [6.45, 7) is 5.32. The Hall–Kier alpha value is -2.55. The molecule has 1 aromatic heterocycles. The maximum atomic E-state index is 12.8. The van der Waals surface area contributed by atoms with Crippen LogP contribution in [0.1, 0.15) is 36.4 Å². The molecule has 1 aliphatic rings. The van der Waals surface area contributed by atoms with Crippen molar-refractivity contribution in [3.05, 3.63) is 29.5 Å². The first-order valence-electron chi connectivity index (χ1n) is 9.46. The summed E-state index contributed by atoms with van der Waals surface area (Å²) in [5.41, 5.74) is 1.11. The van der Waals surface area contributed by atoms with Crippen molar-refractivity contribution in [1.82, 2.24) is 4.90 Å². The van der Waals surface area contributed by atoms with Gasteiger partial charge in [0.05, 0.1) is 18.6 Å². The van der Waals surface area contributed by atoms with Gasteiger partial charge in [-0.25, -0.2) is 13.2 Å². The fourth-order valence-corrected chi connectivity index (χ4v) is 5.37. The van der Waals surface area contributed by atoms with E-state index < -0.39 is 27.8 Å². The largest absolute Gasteiger partial charge is 0.497 e. The normalized spacial score (nSPS) is 19.1. The summed E-state index contributed by atoms with van der Waals surface area (Å²) in [6, 6.07) is 4.80. The number of rotatable bonds is 6. The fourth-order valence-electron chi connectivity index (χ4n) is 3.63. The summed E-state index contributed by atoms with van der Waals surface area (Å²) in [4.78, 5) is 26.9. The van der Waals surface area contributed by atoms with Crippen LogP contribution in [0.5, 0.6) is 5.75 Å². The Balaban J connectivity index is 1.75. The average molecular weight is 423 g/mol. The summed E-state index contributed by atoms with van der Waals surface area (Å²) >= 11 is 0. The first-order chi connectivity index (χ1) is 13.7. The zero-order chi connectivity index (χ0) is 21.3. The van der Waals surface area contributed by atoms with Gasteiger partial charge in [0.25, 0.3) is 5.91 Å². The molecular weight excluding hydrogens is 398 g/mol. The highest BCUT2D eigenvalue weighted by Crippen LogP contribution is 2.29. The SMILES string of the molecule is CCN(C(=O)[C@H](C)OC(=O)c1oc2ccc(OC)cc2c1C)[C@@H]1CCS(=O)(=O)C1. The molecule has 1 fully saturated rings. The van der Waals surface area contributed by atoms with Crippen molar-refractivity contribution in [2.24, 2.45) is 0 Å². The van der Waals surface area contributed by atoms with Crippen molar-refractivity contribution in [1.29, 1.82) is 0 Å². The number of nitrogens with zero attached hydrogens (tertiary/aromatic N) is 1. The van der Waals surface area contributed by atoms with Crippen molar-refractivity contribution >= 4 is 32.7 Å². The molecule has 0 aliphatic carbocycles. The van der Waals surface area contributed by atoms with Crippen LogP contribution < -0.4 is 4.74 Å². The van der Waals surface area contributed by atoms with Gasteiger partial charge in [-0.05, 0) is 45.4 Å². The van der Waals surface area contributed by atoms with Crippen molar-refractivity contribution in [2.45, 2.75) is 39.3 Å². The molecule has 1 aliphatic heterocycles. The molecule has 3 rings (SSSR count). The minimum atomic E-state index is -3.13. The lowest BCUT2D eigenvalue weighted by atomic mass is 10.1. The van der Waals surface area contributed by atoms with Gasteiger partial charge >= 0.3 is 5.97 Å². The topological polar surface area (TPSA) is 103 Å². The standard InChI is InChI=1S/C20H25NO7S/c1-5-21(14-8-9-29(24,25)11-14)19(22)13(3)27-20(23)18-12(2)16-10-15(26-4)6-7-17(16)28-18/h6-7,10,13-14H,5,8-9,11H2,1-4H3/t13-,14+/m0/s1. The van der Waals surface area contributed by atoms with Gasteiger partial charge in [0, 0.05) is 23.5 Å². The van der Waals surface area contributed by atoms with Crippen LogP contribution in [-0.4, -0.2) is 62.5 Å². The summed E-state index contributed by atoms with van der Waals surface area (Å²) in [7, 11) is -1.58. The predicted octanol–water partition coefficient (Wildman–Crippen LogP) is 2.33. The molecule has 2 heterocycles. The molecule has 0 unspecified atom stereocenters. The highest BCUT2D eigenvalue weighted by atomic mass is 32.2. The first-order valence-corrected chi connectivity index (χ1v) is 11.3. The van der Waals surface area contributed by atoms with Crippen molar-refractivity contribution in [2.75, 3.05) is 25.2 Å². The molecule has 1 amide bonds. The second-order valence-electron chi connectivity index (χ2n) is 7.15. The Morgan fingerprint density at radius 3 is 2.66 bits per heavy atom. The van der Waals surface area contributed by atoms with Gasteiger partial charge < -0.3 is 18.8 Å². The molecule has 1 saturated heterocycles. The molecule has 0 radical (unpaired) electrons. The molecule has 8 nitrogen and oxygen atoms in total. The fraction of sp³-hybridized carbons (Fsp3) is 0.500. The van der Waals surface area contributed by atoms with E-state index in [0.29, 0.717) is 29.9 Å². The third-order valence-electron chi connectivity index (χ3n) is 5.23. The molecule has 1 aromatic carbocycles. The smallest absolute Gasteiger partial charge is 0.375 e. The third kappa shape index (κ3) is 4.24. The lowest BCUT2D eigenvalue weighted by Gasteiger charge is -2.29. The third-order valence-corrected chi connectivity index (χ3v) is 6.98. The summed E-state index contributed by atoms with van der Waals surface area (Å²) in [5.74, 6) is -0.490. The molecule has 0 bridgehead atoms. The van der Waals surface area contributed by atoms with Crippen molar-refractivity contribution < 1.29 is 31.9 Å². The van der Waals surface area contributed by atoms with Gasteiger partial charge in [0.1, 0.15) is 11.3 Å². The summed E-state index contributed by atoms with van der Waals surface area (Å²) in [5, 5.41) is 0.724. The van der Waals surface area contributed by atoms with Crippen LogP contribution in [0.25, 0.3) is 11.0 Å². The Bertz CT molecular complexity index is 1040. The summed E-state index contributed by atoms with van der Waals surface area (Å²) in [6.07, 6.45) is -0.666. The van der Waals surface area contributed by atoms with Crippen LogP contribution in [0.2, 0.25) is 0 Å². The number of carbonyl (C=O) groups excluding carboxylic acids is 2. The number of esters is 1. The van der Waals surface area contributed by atoms with Gasteiger partial charge in [-0.2, -0.15) is 0 Å². The van der Waals surface area contributed by atoms with Crippen LogP contribution in [0.4, 0.5) is 0 Å². The number of sulfone groups is 1. The number of methoxy groups -OCH3 is 1. The maximum absolute atomic E-state index is 12.8. The summed E-state index contributed by atoms with van der Waals surface area (Å²) < 4.78 is 39.7. The maximum Gasteiger partial charge on any atom is 0.375 e. The quantitative estimate of drug-likeness (QED) is 0.657. The lowest BCUT2D eigenvalue weighted by Crippen LogP contribution is -2.46. The first kappa shape index (κ1) is 21.2. The van der Waals surface area contributed by atoms with Gasteiger partial charge in [0.2, 0.25) is 5.76 Å². The number of hydrogen-bond donors (Lipinski definition) is 0. The Morgan fingerprint density at radius 1 is 1.34 bits per heavy atom. The predicted molar refractivity (Wildman–Crippen MR) is 107 cm³/mol. The molecule has 9 heteroatoms. The minimum absolute atomic E-state index is 0.0272. The number of benzene rings is 1. The highest BCUT2D eigenvalue weighted by molar-refractivity contribution is 7.91. The van der Waals surface area contributed by atoms with E-state index >= 15 is 0 Å². The van der Waals surface area contributed by atoms with Gasteiger partial charge in [0.15, 0.2) is 15.9 Å². The molecular formula is C20H25NO7S. The van der Waals surface area contributed by atoms with E-state index in [4.69, 9.17) is 13.9 Å². The van der Waals surface area contributed by atoms with Crippen LogP contribution in [0.15, 0.2) is 22.6 Å². The second-order valence-corrected chi connectivity index (χ2v) is 9.38. The van der Waals surface area contributed by atoms with Crippen molar-refractivity contribution in [3.8, 4) is 5.75 Å². The van der Waals surface area contributed by atoms with E-state index in [0.717, 1.165) is 5.39 Å². The molecule has 2 atom stereocenters. The van der Waals surface area contributed by atoms with E-state index in [2.05, 4.69) is 0 Å². The molecule has 0 N–H and O–H groups in total. The van der Waals surface area contributed by atoms with E-state index in [9.17, 15) is 18.0 Å². The molecule has 29 heavy (non-hydrogen) atoms. The van der Waals surface area contributed by atoms with E-state index in [1.165, 1.54) is 11.8 Å². The second kappa shape index (κ2) is 8.06. The zero-order valence-corrected chi connectivity index (χ0v) is 17.7. The minimum Gasteiger partial charge on any atom is -0.497 e. The number of amides is 1. The molecule has 0 spiro atoms. The molecule has 2 aromatic rings. The lowest BCUT2D eigenvalue weighted by molar-refractivity contribution is -0.141. The Morgan fingerprint density at radius 2 is 2.07 bits per heavy atom. The van der Waals surface area contributed by atoms with E-state index in [1.54, 1.807) is 39.2 Å². The van der Waals surface area contributed by atoms with Crippen molar-refractivity contribution in [3.63, 3.8) is 0 Å². The van der Waals surface area contributed by atoms with E-state index in [-0.39, 0.29) is 23.3 Å². The van der Waals surface area contributed by atoms with E-state index in [1.807, 2.05) is 0 Å².